The molecule has 0 fully saturated rings. The summed E-state index contributed by atoms with van der Waals surface area (Å²) in [5.74, 6) is 0. The average molecular weight is 265 g/mol. The number of aliphatic hydroxyl groups is 1. The molecule has 0 heterocycles. The number of methoxy groups -OCH3 is 1. The smallest absolute Gasteiger partial charge is 0.0897 e. The van der Waals surface area contributed by atoms with Crippen LogP contribution >= 0.6 is 0 Å². The summed E-state index contributed by atoms with van der Waals surface area (Å²) < 4.78 is 4.95. The highest BCUT2D eigenvalue weighted by atomic mass is 16.5. The van der Waals surface area contributed by atoms with Crippen molar-refractivity contribution in [3.8, 4) is 0 Å². The molecule has 0 bridgehead atoms. The van der Waals surface area contributed by atoms with Crippen LogP contribution in [0.4, 0.5) is 0 Å². The van der Waals surface area contributed by atoms with Gasteiger partial charge in [0.05, 0.1) is 12.7 Å². The number of rotatable bonds is 10. The molecule has 3 nitrogen and oxygen atoms in total. The molecule has 0 spiro atoms. The zero-order valence-corrected chi connectivity index (χ0v) is 12.1. The lowest BCUT2D eigenvalue weighted by molar-refractivity contribution is 0.0624. The SMILES string of the molecule is CCCCCC(NCC(O)COC)c1ccccc1. The summed E-state index contributed by atoms with van der Waals surface area (Å²) in [6.07, 6.45) is 4.36. The van der Waals surface area contributed by atoms with Crippen molar-refractivity contribution < 1.29 is 9.84 Å². The highest BCUT2D eigenvalue weighted by Crippen LogP contribution is 2.19. The molecule has 3 heteroatoms. The fourth-order valence-electron chi connectivity index (χ4n) is 2.20. The Balaban J connectivity index is 2.49. The molecule has 0 aliphatic carbocycles. The van der Waals surface area contributed by atoms with Gasteiger partial charge in [0.2, 0.25) is 0 Å². The van der Waals surface area contributed by atoms with Crippen LogP contribution in [0.5, 0.6) is 0 Å². The van der Waals surface area contributed by atoms with E-state index in [1.807, 2.05) is 6.07 Å². The van der Waals surface area contributed by atoms with Crippen LogP contribution in [0.1, 0.15) is 44.2 Å². The average Bonchev–Trinajstić information content (AvgIpc) is 2.44. The van der Waals surface area contributed by atoms with Gasteiger partial charge in [-0.3, -0.25) is 0 Å². The first-order valence-corrected chi connectivity index (χ1v) is 7.23. The van der Waals surface area contributed by atoms with Crippen molar-refractivity contribution in [3.63, 3.8) is 0 Å². The number of hydrogen-bond donors (Lipinski definition) is 2. The quantitative estimate of drug-likeness (QED) is 0.639. The Hall–Kier alpha value is -0.900. The van der Waals surface area contributed by atoms with E-state index >= 15 is 0 Å². The molecule has 0 aromatic heterocycles. The van der Waals surface area contributed by atoms with Crippen LogP contribution in [-0.2, 0) is 4.74 Å². The van der Waals surface area contributed by atoms with E-state index < -0.39 is 6.10 Å². The van der Waals surface area contributed by atoms with Crippen LogP contribution < -0.4 is 5.32 Å². The van der Waals surface area contributed by atoms with Crippen LogP contribution in [0, 0.1) is 0 Å². The zero-order chi connectivity index (χ0) is 13.9. The van der Waals surface area contributed by atoms with Crippen LogP contribution in [0.25, 0.3) is 0 Å². The Labute approximate surface area is 117 Å². The maximum Gasteiger partial charge on any atom is 0.0897 e. The number of benzene rings is 1. The Morgan fingerprint density at radius 3 is 2.58 bits per heavy atom. The summed E-state index contributed by atoms with van der Waals surface area (Å²) in [6, 6.07) is 10.8. The van der Waals surface area contributed by atoms with Crippen molar-refractivity contribution in [1.82, 2.24) is 5.32 Å². The molecule has 0 amide bonds. The van der Waals surface area contributed by atoms with Gasteiger partial charge in [-0.25, -0.2) is 0 Å². The number of unbranched alkanes of at least 4 members (excludes halogenated alkanes) is 2. The predicted octanol–water partition coefficient (Wildman–Crippen LogP) is 2.90. The van der Waals surface area contributed by atoms with Gasteiger partial charge in [-0.1, -0.05) is 56.5 Å². The van der Waals surface area contributed by atoms with Gasteiger partial charge in [-0.05, 0) is 12.0 Å². The van der Waals surface area contributed by atoms with Crippen molar-refractivity contribution in [1.29, 1.82) is 0 Å². The van der Waals surface area contributed by atoms with Crippen LogP contribution in [-0.4, -0.2) is 31.5 Å². The van der Waals surface area contributed by atoms with Gasteiger partial charge in [0.15, 0.2) is 0 Å². The lowest BCUT2D eigenvalue weighted by Gasteiger charge is -2.21. The second kappa shape index (κ2) is 9.96. The molecule has 0 saturated heterocycles. The van der Waals surface area contributed by atoms with Gasteiger partial charge in [0, 0.05) is 19.7 Å². The minimum Gasteiger partial charge on any atom is -0.389 e. The Bertz CT molecular complexity index is 316. The third-order valence-electron chi connectivity index (χ3n) is 3.26. The molecule has 1 rings (SSSR count). The third-order valence-corrected chi connectivity index (χ3v) is 3.26. The van der Waals surface area contributed by atoms with Crippen molar-refractivity contribution >= 4 is 0 Å². The van der Waals surface area contributed by atoms with Crippen molar-refractivity contribution in [2.24, 2.45) is 0 Å². The summed E-state index contributed by atoms with van der Waals surface area (Å²) in [6.45, 7) is 3.16. The van der Waals surface area contributed by atoms with Gasteiger partial charge >= 0.3 is 0 Å². The fraction of sp³-hybridized carbons (Fsp3) is 0.625. The third kappa shape index (κ3) is 6.71. The normalized spacial score (nSPS) is 14.3. The van der Waals surface area contributed by atoms with E-state index in [0.29, 0.717) is 19.2 Å². The van der Waals surface area contributed by atoms with Gasteiger partial charge in [0.25, 0.3) is 0 Å². The van der Waals surface area contributed by atoms with Gasteiger partial charge < -0.3 is 15.2 Å². The number of ether oxygens (including phenoxy) is 1. The predicted molar refractivity (Wildman–Crippen MR) is 79.2 cm³/mol. The van der Waals surface area contributed by atoms with Gasteiger partial charge in [-0.15, -0.1) is 0 Å². The molecule has 108 valence electrons. The molecular formula is C16H27NO2. The highest BCUT2D eigenvalue weighted by molar-refractivity contribution is 5.18. The first kappa shape index (κ1) is 16.2. The Morgan fingerprint density at radius 1 is 1.21 bits per heavy atom. The molecule has 0 aliphatic rings. The molecule has 2 unspecified atom stereocenters. The van der Waals surface area contributed by atoms with E-state index in [2.05, 4.69) is 36.5 Å². The van der Waals surface area contributed by atoms with Crippen molar-refractivity contribution in [3.05, 3.63) is 35.9 Å². The second-order valence-electron chi connectivity index (χ2n) is 4.98. The summed E-state index contributed by atoms with van der Waals surface area (Å²) in [5.41, 5.74) is 1.29. The van der Waals surface area contributed by atoms with E-state index in [4.69, 9.17) is 4.74 Å². The van der Waals surface area contributed by atoms with E-state index in [1.54, 1.807) is 7.11 Å². The molecule has 2 N–H and O–H groups in total. The minimum absolute atomic E-state index is 0.319. The summed E-state index contributed by atoms with van der Waals surface area (Å²) in [5, 5.41) is 13.2. The van der Waals surface area contributed by atoms with E-state index in [0.717, 1.165) is 6.42 Å². The summed E-state index contributed by atoms with van der Waals surface area (Å²) >= 11 is 0. The topological polar surface area (TPSA) is 41.5 Å². The lowest BCUT2D eigenvalue weighted by atomic mass is 10.0. The molecule has 0 saturated carbocycles. The Morgan fingerprint density at radius 2 is 1.95 bits per heavy atom. The fourth-order valence-corrected chi connectivity index (χ4v) is 2.20. The molecule has 19 heavy (non-hydrogen) atoms. The summed E-state index contributed by atoms with van der Waals surface area (Å²) in [4.78, 5) is 0. The maximum absolute atomic E-state index is 9.73. The Kier molecular flexibility index (Phi) is 8.47. The van der Waals surface area contributed by atoms with Gasteiger partial charge in [0.1, 0.15) is 0 Å². The summed E-state index contributed by atoms with van der Waals surface area (Å²) in [7, 11) is 1.61. The first-order valence-electron chi connectivity index (χ1n) is 7.23. The molecular weight excluding hydrogens is 238 g/mol. The lowest BCUT2D eigenvalue weighted by Crippen LogP contribution is -2.33. The maximum atomic E-state index is 9.73. The molecule has 1 aromatic rings. The van der Waals surface area contributed by atoms with Crippen LogP contribution in [0.3, 0.4) is 0 Å². The monoisotopic (exact) mass is 265 g/mol. The van der Waals surface area contributed by atoms with Crippen LogP contribution in [0.15, 0.2) is 30.3 Å². The molecule has 1 aromatic carbocycles. The van der Waals surface area contributed by atoms with Crippen molar-refractivity contribution in [2.45, 2.75) is 44.8 Å². The van der Waals surface area contributed by atoms with Crippen molar-refractivity contribution in [2.75, 3.05) is 20.3 Å². The van der Waals surface area contributed by atoms with Gasteiger partial charge in [-0.2, -0.15) is 0 Å². The number of hydrogen-bond acceptors (Lipinski definition) is 3. The largest absolute Gasteiger partial charge is 0.389 e. The number of nitrogens with one attached hydrogen (secondary N) is 1. The number of aliphatic hydroxyl groups excluding tert-OH is 1. The van der Waals surface area contributed by atoms with E-state index in [9.17, 15) is 5.11 Å². The highest BCUT2D eigenvalue weighted by Gasteiger charge is 2.12. The van der Waals surface area contributed by atoms with E-state index in [-0.39, 0.29) is 0 Å². The minimum atomic E-state index is -0.442. The molecule has 0 aliphatic heterocycles. The first-order chi connectivity index (χ1) is 9.27. The van der Waals surface area contributed by atoms with Crippen LogP contribution in [0.2, 0.25) is 0 Å². The molecule has 2 atom stereocenters. The standard InChI is InChI=1S/C16H27NO2/c1-3-4-6-11-16(14-9-7-5-8-10-14)17-12-15(18)13-19-2/h5,7-10,15-18H,3-4,6,11-13H2,1-2H3. The van der Waals surface area contributed by atoms with E-state index in [1.165, 1.54) is 24.8 Å². The second-order valence-corrected chi connectivity index (χ2v) is 4.98. The zero-order valence-electron chi connectivity index (χ0n) is 12.1. The molecule has 0 radical (unpaired) electrons.